The third-order valence-corrected chi connectivity index (χ3v) is 5.48. The molecule has 1 aliphatic carbocycles. The minimum atomic E-state index is -0.410. The van der Waals surface area contributed by atoms with Gasteiger partial charge in [0.1, 0.15) is 11.5 Å². The second-order valence-electron chi connectivity index (χ2n) is 7.86. The summed E-state index contributed by atoms with van der Waals surface area (Å²) in [4.78, 5) is 12.4. The first-order valence-electron chi connectivity index (χ1n) is 11.3. The molecule has 32 heavy (non-hydrogen) atoms. The van der Waals surface area contributed by atoms with Crippen molar-refractivity contribution in [3.8, 4) is 11.5 Å². The molecule has 2 N–H and O–H groups in total. The van der Waals surface area contributed by atoms with Gasteiger partial charge in [0.15, 0.2) is 5.11 Å². The summed E-state index contributed by atoms with van der Waals surface area (Å²) in [6.07, 6.45) is 9.88. The number of hydrazone groups is 1. The summed E-state index contributed by atoms with van der Waals surface area (Å²) in [5.41, 5.74) is 4.20. The topological polar surface area (TPSA) is 72.0 Å². The molecule has 2 aromatic rings. The zero-order chi connectivity index (χ0) is 22.6. The van der Waals surface area contributed by atoms with E-state index in [4.69, 9.17) is 21.7 Å². The van der Waals surface area contributed by atoms with E-state index in [0.29, 0.717) is 29.1 Å². The van der Waals surface area contributed by atoms with E-state index in [2.05, 4.69) is 22.8 Å². The highest BCUT2D eigenvalue weighted by molar-refractivity contribution is 7.80. The van der Waals surface area contributed by atoms with Crippen molar-refractivity contribution in [2.45, 2.75) is 57.9 Å². The van der Waals surface area contributed by atoms with Crippen LogP contribution in [-0.2, 0) is 0 Å². The Balaban J connectivity index is 1.44. The van der Waals surface area contributed by atoms with Gasteiger partial charge in [0.05, 0.1) is 18.4 Å². The average Bonchev–Trinajstić information content (AvgIpc) is 2.81. The molecule has 0 bridgehead atoms. The van der Waals surface area contributed by atoms with E-state index < -0.39 is 5.97 Å². The maximum absolute atomic E-state index is 12.4. The number of benzene rings is 2. The minimum absolute atomic E-state index is 0.410. The van der Waals surface area contributed by atoms with Crippen molar-refractivity contribution in [3.63, 3.8) is 0 Å². The number of carbonyl (C=O) groups excluding carboxylic acids is 1. The van der Waals surface area contributed by atoms with Crippen molar-refractivity contribution in [2.24, 2.45) is 5.10 Å². The maximum atomic E-state index is 12.4. The summed E-state index contributed by atoms with van der Waals surface area (Å²) in [6, 6.07) is 14.6. The van der Waals surface area contributed by atoms with Crippen LogP contribution < -0.4 is 20.2 Å². The fourth-order valence-electron chi connectivity index (χ4n) is 3.44. The van der Waals surface area contributed by atoms with Crippen molar-refractivity contribution >= 4 is 29.5 Å². The van der Waals surface area contributed by atoms with E-state index in [9.17, 15) is 4.79 Å². The molecular formula is C25H31N3O3S. The summed E-state index contributed by atoms with van der Waals surface area (Å²) in [5, 5.41) is 8.03. The molecule has 1 fully saturated rings. The third-order valence-electron chi connectivity index (χ3n) is 5.27. The molecule has 7 heteroatoms. The fourth-order valence-corrected chi connectivity index (χ4v) is 3.66. The van der Waals surface area contributed by atoms with Gasteiger partial charge in [0, 0.05) is 6.04 Å². The fraction of sp³-hybridized carbons (Fsp3) is 0.400. The highest BCUT2D eigenvalue weighted by atomic mass is 32.1. The van der Waals surface area contributed by atoms with E-state index in [-0.39, 0.29) is 0 Å². The number of unbranched alkanes of at least 4 members (excludes halogenated alkanes) is 1. The molecule has 0 spiro atoms. The molecule has 0 radical (unpaired) electrons. The molecule has 0 heterocycles. The second-order valence-corrected chi connectivity index (χ2v) is 8.27. The number of nitrogens with zero attached hydrogens (tertiary/aromatic N) is 1. The van der Waals surface area contributed by atoms with Crippen LogP contribution in [0.4, 0.5) is 0 Å². The number of rotatable bonds is 9. The molecule has 2 aromatic carbocycles. The lowest BCUT2D eigenvalue weighted by Gasteiger charge is -2.23. The predicted molar refractivity (Wildman–Crippen MR) is 132 cm³/mol. The van der Waals surface area contributed by atoms with Crippen LogP contribution in [-0.4, -0.2) is 29.9 Å². The number of nitrogens with one attached hydrogen (secondary N) is 2. The largest absolute Gasteiger partial charge is 0.494 e. The first-order chi connectivity index (χ1) is 15.6. The summed E-state index contributed by atoms with van der Waals surface area (Å²) < 4.78 is 11.1. The van der Waals surface area contributed by atoms with E-state index in [0.717, 1.165) is 37.0 Å². The lowest BCUT2D eigenvalue weighted by atomic mass is 9.96. The Morgan fingerprint density at radius 2 is 1.75 bits per heavy atom. The van der Waals surface area contributed by atoms with Gasteiger partial charge in [-0.25, -0.2) is 4.79 Å². The molecule has 0 aromatic heterocycles. The van der Waals surface area contributed by atoms with Crippen molar-refractivity contribution in [1.82, 2.24) is 10.7 Å². The second kappa shape index (κ2) is 12.8. The van der Waals surface area contributed by atoms with Crippen LogP contribution in [0.2, 0.25) is 0 Å². The van der Waals surface area contributed by atoms with Crippen LogP contribution in [0.15, 0.2) is 53.6 Å². The van der Waals surface area contributed by atoms with Gasteiger partial charge < -0.3 is 14.8 Å². The Hall–Kier alpha value is -2.93. The van der Waals surface area contributed by atoms with Crippen molar-refractivity contribution in [2.75, 3.05) is 6.61 Å². The summed E-state index contributed by atoms with van der Waals surface area (Å²) in [7, 11) is 0. The lowest BCUT2D eigenvalue weighted by molar-refractivity contribution is 0.0734. The van der Waals surface area contributed by atoms with Crippen molar-refractivity contribution < 1.29 is 14.3 Å². The van der Waals surface area contributed by atoms with Gasteiger partial charge in [-0.05, 0) is 85.6 Å². The molecule has 1 saturated carbocycles. The Bertz CT molecular complexity index is 892. The first-order valence-corrected chi connectivity index (χ1v) is 11.7. The van der Waals surface area contributed by atoms with Crippen LogP contribution in [0.3, 0.4) is 0 Å². The van der Waals surface area contributed by atoms with Crippen molar-refractivity contribution in [3.05, 3.63) is 59.7 Å². The number of hydrogen-bond acceptors (Lipinski definition) is 5. The van der Waals surface area contributed by atoms with Gasteiger partial charge in [0.25, 0.3) is 0 Å². The van der Waals surface area contributed by atoms with Crippen LogP contribution in [0, 0.1) is 0 Å². The SMILES string of the molecule is CCCCOc1ccc(C(=O)Oc2ccc(/C=N/NC(=S)NC3CCCCC3)cc2)cc1. The molecule has 0 amide bonds. The molecule has 0 aliphatic heterocycles. The Morgan fingerprint density at radius 1 is 1.06 bits per heavy atom. The molecular weight excluding hydrogens is 422 g/mol. The van der Waals surface area contributed by atoms with Gasteiger partial charge >= 0.3 is 5.97 Å². The lowest BCUT2D eigenvalue weighted by Crippen LogP contribution is -2.40. The standard InChI is InChI=1S/C25H31N3O3S/c1-2-3-17-30-22-15-11-20(12-16-22)24(29)31-23-13-9-19(10-14-23)18-26-28-25(32)27-21-7-5-4-6-8-21/h9-16,18,21H,2-8,17H2,1H3,(H2,27,28,32)/b26-18+. The van der Waals surface area contributed by atoms with Crippen LogP contribution >= 0.6 is 12.2 Å². The number of hydrogen-bond donors (Lipinski definition) is 2. The minimum Gasteiger partial charge on any atom is -0.494 e. The Kier molecular flexibility index (Phi) is 9.50. The van der Waals surface area contributed by atoms with Crippen LogP contribution in [0.5, 0.6) is 11.5 Å². The number of thiocarbonyl (C=S) groups is 1. The molecule has 0 unspecified atom stereocenters. The summed E-state index contributed by atoms with van der Waals surface area (Å²) in [5.74, 6) is 0.811. The van der Waals surface area contributed by atoms with Gasteiger partial charge in [-0.3, -0.25) is 5.43 Å². The number of carbonyl (C=O) groups is 1. The van der Waals surface area contributed by atoms with E-state index in [1.807, 2.05) is 12.1 Å². The quantitative estimate of drug-likeness (QED) is 0.136. The monoisotopic (exact) mass is 453 g/mol. The Labute approximate surface area is 195 Å². The number of esters is 1. The van der Waals surface area contributed by atoms with Gasteiger partial charge in [-0.15, -0.1) is 0 Å². The molecule has 3 rings (SSSR count). The Morgan fingerprint density at radius 3 is 2.44 bits per heavy atom. The molecule has 6 nitrogen and oxygen atoms in total. The van der Waals surface area contributed by atoms with E-state index in [1.165, 1.54) is 19.3 Å². The number of ether oxygens (including phenoxy) is 2. The van der Waals surface area contributed by atoms with Crippen molar-refractivity contribution in [1.29, 1.82) is 0 Å². The molecule has 0 saturated heterocycles. The molecule has 170 valence electrons. The van der Waals surface area contributed by atoms with E-state index in [1.54, 1.807) is 42.6 Å². The highest BCUT2D eigenvalue weighted by Crippen LogP contribution is 2.18. The highest BCUT2D eigenvalue weighted by Gasteiger charge is 2.13. The first kappa shape index (κ1) is 23.7. The average molecular weight is 454 g/mol. The zero-order valence-electron chi connectivity index (χ0n) is 18.5. The van der Waals surface area contributed by atoms with Gasteiger partial charge in [-0.1, -0.05) is 32.6 Å². The van der Waals surface area contributed by atoms with Crippen LogP contribution in [0.1, 0.15) is 67.8 Å². The smallest absolute Gasteiger partial charge is 0.343 e. The molecule has 0 atom stereocenters. The third kappa shape index (κ3) is 7.96. The predicted octanol–water partition coefficient (Wildman–Crippen LogP) is 5.22. The summed E-state index contributed by atoms with van der Waals surface area (Å²) in [6.45, 7) is 2.79. The molecule has 1 aliphatic rings. The van der Waals surface area contributed by atoms with Gasteiger partial charge in [-0.2, -0.15) is 5.10 Å². The zero-order valence-corrected chi connectivity index (χ0v) is 19.3. The van der Waals surface area contributed by atoms with Gasteiger partial charge in [0.2, 0.25) is 0 Å². The van der Waals surface area contributed by atoms with E-state index >= 15 is 0 Å². The summed E-state index contributed by atoms with van der Waals surface area (Å²) >= 11 is 5.30. The maximum Gasteiger partial charge on any atom is 0.343 e. The van der Waals surface area contributed by atoms with Crippen LogP contribution in [0.25, 0.3) is 0 Å². The normalized spacial score (nSPS) is 14.2.